The Morgan fingerprint density at radius 2 is 1.53 bits per heavy atom. The topological polar surface area (TPSA) is 123 Å². The lowest BCUT2D eigenvalue weighted by molar-refractivity contribution is -0.138. The first-order chi connectivity index (χ1) is 22.4. The van der Waals surface area contributed by atoms with E-state index in [1.165, 1.54) is 14.0 Å². The summed E-state index contributed by atoms with van der Waals surface area (Å²) in [5, 5.41) is 7.58. The van der Waals surface area contributed by atoms with Crippen molar-refractivity contribution in [2.75, 3.05) is 19.0 Å². The molecule has 0 unspecified atom stereocenters. The number of ketones is 2. The molecule has 0 saturated carbocycles. The van der Waals surface area contributed by atoms with Crippen molar-refractivity contribution in [1.82, 2.24) is 10.6 Å². The van der Waals surface area contributed by atoms with Crippen molar-refractivity contribution in [2.45, 2.75) is 26.1 Å². The Morgan fingerprint density at radius 1 is 0.851 bits per heavy atom. The third-order valence-corrected chi connectivity index (χ3v) is 7.57. The summed E-state index contributed by atoms with van der Waals surface area (Å²) in [6, 6.07) is 21.0. The Labute approximate surface area is 268 Å². The summed E-state index contributed by atoms with van der Waals surface area (Å²) in [5.74, 6) is -0.959. The van der Waals surface area contributed by atoms with Crippen LogP contribution in [0.25, 0.3) is 0 Å². The van der Waals surface area contributed by atoms with Crippen LogP contribution in [0, 0.1) is 12.8 Å². The number of benzene rings is 4. The monoisotopic (exact) mass is 645 g/mol. The van der Waals surface area contributed by atoms with Crippen LogP contribution in [0.5, 0.6) is 17.2 Å². The van der Waals surface area contributed by atoms with Gasteiger partial charge in [-0.1, -0.05) is 42.5 Å². The molecule has 5 rings (SSSR count). The fourth-order valence-corrected chi connectivity index (χ4v) is 5.17. The van der Waals surface area contributed by atoms with Gasteiger partial charge >= 0.3 is 12.2 Å². The van der Waals surface area contributed by atoms with Crippen molar-refractivity contribution in [3.05, 3.63) is 118 Å². The molecule has 242 valence electrons. The van der Waals surface area contributed by atoms with Gasteiger partial charge < -0.3 is 25.4 Å². The highest BCUT2D eigenvalue weighted by atomic mass is 19.4. The number of alkyl halides is 3. The number of hydrogen-bond acceptors (Lipinski definition) is 6. The molecular weight excluding hydrogens is 615 g/mol. The van der Waals surface area contributed by atoms with Gasteiger partial charge in [-0.15, -0.1) is 0 Å². The highest BCUT2D eigenvalue weighted by Gasteiger charge is 2.38. The van der Waals surface area contributed by atoms with Crippen molar-refractivity contribution in [3.63, 3.8) is 0 Å². The van der Waals surface area contributed by atoms with Crippen molar-refractivity contribution < 1.29 is 41.8 Å². The molecule has 0 aliphatic heterocycles. The number of fused-ring (bicyclic) bond motifs is 1. The van der Waals surface area contributed by atoms with Crippen LogP contribution in [0.15, 0.2) is 84.9 Å². The summed E-state index contributed by atoms with van der Waals surface area (Å²) in [6.07, 6.45) is -4.67. The number of nitrogens with one attached hydrogen (secondary N) is 3. The maximum Gasteiger partial charge on any atom is 0.416 e. The number of Topliss-reactive ketones (excluding diaryl/α,β-unsaturated/α-hetero) is 2. The molecule has 0 fully saturated rings. The molecule has 0 aromatic heterocycles. The maximum atomic E-state index is 13.7. The number of rotatable bonds is 10. The Hall–Kier alpha value is -5.65. The Kier molecular flexibility index (Phi) is 9.59. The number of hydrogen-bond donors (Lipinski definition) is 3. The normalized spacial score (nSPS) is 12.8. The second-order valence-electron chi connectivity index (χ2n) is 10.8. The molecule has 0 radical (unpaired) electrons. The van der Waals surface area contributed by atoms with E-state index in [0.717, 1.165) is 12.1 Å². The Balaban J connectivity index is 1.21. The molecule has 0 heterocycles. The lowest BCUT2D eigenvalue weighted by Crippen LogP contribution is -2.28. The zero-order chi connectivity index (χ0) is 33.7. The Bertz CT molecular complexity index is 1800. The molecule has 3 N–H and O–H groups in total. The smallest absolute Gasteiger partial charge is 0.416 e. The molecule has 12 heteroatoms. The van der Waals surface area contributed by atoms with E-state index < -0.39 is 23.7 Å². The zero-order valence-electron chi connectivity index (χ0n) is 25.4. The molecule has 1 aliphatic carbocycles. The molecule has 0 saturated heterocycles. The first kappa shape index (κ1) is 32.7. The number of urea groups is 1. The summed E-state index contributed by atoms with van der Waals surface area (Å²) in [7, 11) is 1.53. The first-order valence-electron chi connectivity index (χ1n) is 14.6. The van der Waals surface area contributed by atoms with Crippen molar-refractivity contribution in [3.8, 4) is 17.2 Å². The van der Waals surface area contributed by atoms with E-state index in [2.05, 4.69) is 16.0 Å². The van der Waals surface area contributed by atoms with Gasteiger partial charge in [-0.05, 0) is 66.9 Å². The molecule has 9 nitrogen and oxygen atoms in total. The Morgan fingerprint density at radius 3 is 2.17 bits per heavy atom. The van der Waals surface area contributed by atoms with E-state index >= 15 is 0 Å². The van der Waals surface area contributed by atoms with Crippen molar-refractivity contribution in [2.24, 2.45) is 5.92 Å². The second kappa shape index (κ2) is 13.8. The predicted molar refractivity (Wildman–Crippen MR) is 167 cm³/mol. The first-order valence-corrected chi connectivity index (χ1v) is 14.6. The number of aryl methyl sites for hydroxylation is 1. The summed E-state index contributed by atoms with van der Waals surface area (Å²) < 4.78 is 52.7. The minimum absolute atomic E-state index is 0.0112. The van der Waals surface area contributed by atoms with Crippen molar-refractivity contribution in [1.29, 1.82) is 0 Å². The third-order valence-electron chi connectivity index (χ3n) is 7.57. The quantitative estimate of drug-likeness (QED) is 0.161. The highest BCUT2D eigenvalue weighted by molar-refractivity contribution is 6.26. The largest absolute Gasteiger partial charge is 0.491 e. The molecule has 3 amide bonds. The van der Waals surface area contributed by atoms with Gasteiger partial charge in [0, 0.05) is 30.3 Å². The number of anilines is 1. The summed E-state index contributed by atoms with van der Waals surface area (Å²) in [4.78, 5) is 50.1. The van der Waals surface area contributed by atoms with E-state index in [4.69, 9.17) is 9.47 Å². The fraction of sp³-hybridized carbons (Fsp3) is 0.200. The van der Waals surface area contributed by atoms with Crippen molar-refractivity contribution >= 4 is 29.2 Å². The van der Waals surface area contributed by atoms with Crippen LogP contribution >= 0.6 is 0 Å². The lowest BCUT2D eigenvalue weighted by atomic mass is 10.0. The number of ether oxygens (including phenoxy) is 2. The number of halogens is 3. The SMILES string of the molecule is CNC(=O)c1cccc(Oc2ccc(CNC(=O)Nc3cc(C(F)(F)F)c(C)cc3OCCC3C(=O)c4ccccc4C3=O)cc2)c1. The van der Waals surface area contributed by atoms with Crippen LogP contribution in [-0.2, 0) is 12.7 Å². The molecule has 4 aromatic rings. The zero-order valence-corrected chi connectivity index (χ0v) is 25.4. The van der Waals surface area contributed by atoms with Crippen LogP contribution in [0.2, 0.25) is 0 Å². The van der Waals surface area contributed by atoms with E-state index in [1.54, 1.807) is 72.8 Å². The molecule has 1 aliphatic rings. The summed E-state index contributed by atoms with van der Waals surface area (Å²) >= 11 is 0. The average Bonchev–Trinajstić information content (AvgIpc) is 3.29. The highest BCUT2D eigenvalue weighted by Crippen LogP contribution is 2.38. The molecule has 0 spiro atoms. The van der Waals surface area contributed by atoms with Gasteiger partial charge in [-0.2, -0.15) is 13.2 Å². The van der Waals surface area contributed by atoms with Crippen LogP contribution in [0.1, 0.15) is 54.2 Å². The van der Waals surface area contributed by atoms with E-state index in [9.17, 15) is 32.3 Å². The molecule has 0 atom stereocenters. The van der Waals surface area contributed by atoms with Gasteiger partial charge in [-0.25, -0.2) is 4.79 Å². The number of amides is 3. The van der Waals surface area contributed by atoms with Crippen LogP contribution in [0.3, 0.4) is 0 Å². The average molecular weight is 646 g/mol. The third kappa shape index (κ3) is 7.60. The van der Waals surface area contributed by atoms with Crippen LogP contribution in [-0.4, -0.2) is 37.2 Å². The maximum absolute atomic E-state index is 13.7. The fourth-order valence-electron chi connectivity index (χ4n) is 5.17. The van der Waals surface area contributed by atoms with Crippen LogP contribution < -0.4 is 25.4 Å². The molecular formula is C35H30F3N3O6. The molecule has 4 aromatic carbocycles. The van der Waals surface area contributed by atoms with Gasteiger partial charge in [-0.3, -0.25) is 14.4 Å². The molecule has 0 bridgehead atoms. The summed E-state index contributed by atoms with van der Waals surface area (Å²) in [6.45, 7) is 1.16. The standard InChI is InChI=1S/C35H30F3N3O6/c1-20-16-30(46-15-14-27-31(42)25-8-3-4-9-26(25)32(27)43)29(18-28(20)35(36,37)38)41-34(45)40-19-21-10-12-23(13-11-21)47-24-7-5-6-22(17-24)33(44)39-2/h3-13,16-18,27H,14-15,19H2,1-2H3,(H,39,44)(H2,40,41,45). The van der Waals surface area contributed by atoms with Crippen LogP contribution in [0.4, 0.5) is 23.7 Å². The number of carbonyl (C=O) groups excluding carboxylic acids is 4. The lowest BCUT2D eigenvalue weighted by Gasteiger charge is -2.18. The van der Waals surface area contributed by atoms with E-state index in [0.29, 0.717) is 33.8 Å². The molecule has 47 heavy (non-hydrogen) atoms. The van der Waals surface area contributed by atoms with E-state index in [-0.39, 0.29) is 54.0 Å². The van der Waals surface area contributed by atoms with Gasteiger partial charge in [0.05, 0.1) is 23.8 Å². The number of carbonyl (C=O) groups is 4. The summed E-state index contributed by atoms with van der Waals surface area (Å²) in [5.41, 5.74) is 0.481. The van der Waals surface area contributed by atoms with Gasteiger partial charge in [0.15, 0.2) is 11.6 Å². The minimum Gasteiger partial charge on any atom is -0.491 e. The van der Waals surface area contributed by atoms with E-state index in [1.807, 2.05) is 0 Å². The van der Waals surface area contributed by atoms with Gasteiger partial charge in [0.25, 0.3) is 5.91 Å². The van der Waals surface area contributed by atoms with Gasteiger partial charge in [0.1, 0.15) is 17.2 Å². The predicted octanol–water partition coefficient (Wildman–Crippen LogP) is 6.95. The van der Waals surface area contributed by atoms with Gasteiger partial charge in [0.2, 0.25) is 0 Å². The second-order valence-corrected chi connectivity index (χ2v) is 10.8. The minimum atomic E-state index is -4.68.